The third-order valence-electron chi connectivity index (χ3n) is 8.82. The second kappa shape index (κ2) is 38.5. The molecule has 11 heteroatoms. The number of hydrogen-bond donors (Lipinski definition) is 3. The van der Waals surface area contributed by atoms with Gasteiger partial charge in [0, 0.05) is 12.8 Å². The van der Waals surface area contributed by atoms with E-state index in [9.17, 15) is 29.3 Å². The molecule has 0 spiro atoms. The molecular weight excluding hydrogens is 695 g/mol. The van der Waals surface area contributed by atoms with E-state index >= 15 is 0 Å². The molecule has 0 aromatic carbocycles. The minimum atomic E-state index is -4.64. The van der Waals surface area contributed by atoms with Crippen molar-refractivity contribution in [2.75, 3.05) is 26.4 Å². The van der Waals surface area contributed by atoms with Gasteiger partial charge in [0.25, 0.3) is 0 Å². The van der Waals surface area contributed by atoms with Crippen LogP contribution >= 0.6 is 7.82 Å². The predicted octanol–water partition coefficient (Wildman–Crippen LogP) is 10.8. The van der Waals surface area contributed by atoms with Crippen molar-refractivity contribution in [2.24, 2.45) is 0 Å². The minimum absolute atomic E-state index is 0.176. The zero-order chi connectivity index (χ0) is 39.1. The number of esters is 2. The van der Waals surface area contributed by atoms with Gasteiger partial charge in [0.2, 0.25) is 0 Å². The van der Waals surface area contributed by atoms with E-state index in [1.165, 1.54) is 64.2 Å². The highest BCUT2D eigenvalue weighted by Gasteiger charge is 2.27. The molecule has 0 aliphatic carbocycles. The lowest BCUT2D eigenvalue weighted by atomic mass is 10.1. The average molecular weight is 773 g/mol. The minimum Gasteiger partial charge on any atom is -0.457 e. The zero-order valence-corrected chi connectivity index (χ0v) is 34.4. The van der Waals surface area contributed by atoms with Crippen molar-refractivity contribution in [3.05, 3.63) is 36.5 Å². The third-order valence-corrected chi connectivity index (χ3v) is 9.78. The number of allylic oxidation sites excluding steroid dienone is 6. The van der Waals surface area contributed by atoms with Gasteiger partial charge in [-0.05, 0) is 70.6 Å². The number of aliphatic hydroxyl groups is 2. The second-order valence-corrected chi connectivity index (χ2v) is 15.4. The van der Waals surface area contributed by atoms with Gasteiger partial charge in [-0.3, -0.25) is 18.6 Å². The molecule has 0 bridgehead atoms. The van der Waals surface area contributed by atoms with Crippen LogP contribution in [0, 0.1) is 0 Å². The van der Waals surface area contributed by atoms with Gasteiger partial charge in [0.05, 0.1) is 26.4 Å². The van der Waals surface area contributed by atoms with Crippen LogP contribution in [0.3, 0.4) is 0 Å². The molecule has 0 aliphatic rings. The van der Waals surface area contributed by atoms with E-state index in [1.807, 2.05) is 0 Å². The van der Waals surface area contributed by atoms with Crippen LogP contribution in [0.25, 0.3) is 0 Å². The Kier molecular flexibility index (Phi) is 37.2. The summed E-state index contributed by atoms with van der Waals surface area (Å²) in [6.07, 6.45) is 38.3. The SMILES string of the molecule is CCCCCC/C=C\C/C=C\CCCCCCCC(=O)OC(CO)COP(=O)(O)OCC(CO)OC(=O)CCCCCCC/C=C\CCCCCCC. The highest BCUT2D eigenvalue weighted by atomic mass is 31.2. The summed E-state index contributed by atoms with van der Waals surface area (Å²) in [6, 6.07) is 0. The zero-order valence-electron chi connectivity index (χ0n) is 33.5. The summed E-state index contributed by atoms with van der Waals surface area (Å²) < 4.78 is 32.5. The Bertz CT molecular complexity index is 983. The molecule has 3 atom stereocenters. The summed E-state index contributed by atoms with van der Waals surface area (Å²) in [7, 11) is -4.64. The fourth-order valence-corrected chi connectivity index (χ4v) is 6.33. The van der Waals surface area contributed by atoms with E-state index in [0.29, 0.717) is 12.8 Å². The molecule has 0 heterocycles. The summed E-state index contributed by atoms with van der Waals surface area (Å²) in [6.45, 7) is 2.15. The van der Waals surface area contributed by atoms with Gasteiger partial charge < -0.3 is 24.6 Å². The molecule has 0 aliphatic heterocycles. The largest absolute Gasteiger partial charge is 0.472 e. The van der Waals surface area contributed by atoms with Crippen LogP contribution in [0.15, 0.2) is 36.5 Å². The molecule has 53 heavy (non-hydrogen) atoms. The topological polar surface area (TPSA) is 149 Å². The van der Waals surface area contributed by atoms with Crippen LogP contribution in [0.1, 0.15) is 181 Å². The third kappa shape index (κ3) is 36.9. The van der Waals surface area contributed by atoms with Crippen molar-refractivity contribution < 1.29 is 47.8 Å². The number of hydrogen-bond acceptors (Lipinski definition) is 9. The normalized spacial score (nSPS) is 14.3. The number of aliphatic hydroxyl groups excluding tert-OH is 2. The van der Waals surface area contributed by atoms with E-state index in [1.54, 1.807) is 0 Å². The second-order valence-electron chi connectivity index (χ2n) is 14.0. The van der Waals surface area contributed by atoms with Gasteiger partial charge in [-0.25, -0.2) is 4.57 Å². The molecule has 0 amide bonds. The fourth-order valence-electron chi connectivity index (χ4n) is 5.55. The van der Waals surface area contributed by atoms with Crippen molar-refractivity contribution >= 4 is 19.8 Å². The Hall–Kier alpha value is -1.81. The summed E-state index contributed by atoms with van der Waals surface area (Å²) in [5, 5.41) is 19.1. The van der Waals surface area contributed by atoms with Crippen LogP contribution < -0.4 is 0 Å². The maximum atomic E-state index is 12.3. The molecule has 0 saturated carbocycles. The van der Waals surface area contributed by atoms with Crippen LogP contribution in [0.2, 0.25) is 0 Å². The van der Waals surface area contributed by atoms with Crippen LogP contribution in [-0.4, -0.2) is 65.7 Å². The van der Waals surface area contributed by atoms with Gasteiger partial charge in [-0.1, -0.05) is 134 Å². The van der Waals surface area contributed by atoms with Gasteiger partial charge in [0.15, 0.2) is 0 Å². The van der Waals surface area contributed by atoms with Crippen LogP contribution in [0.4, 0.5) is 0 Å². The molecule has 0 radical (unpaired) electrons. The standard InChI is InChI=1S/C42H77O10P/c1-3-5-7-9-11-13-15-17-19-20-22-24-26-28-30-32-34-42(46)52-40(36-44)38-50-53(47,48)49-37-39(35-43)51-41(45)33-31-29-27-25-23-21-18-16-14-12-10-8-6-4-2/h13,15-16,18-20,39-40,43-44H,3-12,14,17,21-38H2,1-2H3,(H,47,48)/b15-13-,18-16-,20-19-. The number of carbonyl (C=O) groups is 2. The van der Waals surface area contributed by atoms with Crippen molar-refractivity contribution in [1.29, 1.82) is 0 Å². The average Bonchev–Trinajstić information content (AvgIpc) is 3.14. The Balaban J connectivity index is 3.98. The molecule has 0 aromatic heterocycles. The monoisotopic (exact) mass is 773 g/mol. The lowest BCUT2D eigenvalue weighted by molar-refractivity contribution is -0.153. The van der Waals surface area contributed by atoms with E-state index in [-0.39, 0.29) is 12.8 Å². The van der Waals surface area contributed by atoms with Gasteiger partial charge in [-0.15, -0.1) is 0 Å². The quantitative estimate of drug-likeness (QED) is 0.0238. The molecule has 0 rings (SSSR count). The Morgan fingerprint density at radius 3 is 1.21 bits per heavy atom. The first kappa shape index (κ1) is 51.2. The molecule has 3 N–H and O–H groups in total. The van der Waals surface area contributed by atoms with Crippen molar-refractivity contribution in [2.45, 2.75) is 193 Å². The first-order valence-electron chi connectivity index (χ1n) is 20.9. The van der Waals surface area contributed by atoms with Crippen molar-refractivity contribution in [1.82, 2.24) is 0 Å². The number of ether oxygens (including phenoxy) is 2. The molecular formula is C42H77O10P. The lowest BCUT2D eigenvalue weighted by Crippen LogP contribution is -2.28. The highest BCUT2D eigenvalue weighted by Crippen LogP contribution is 2.43. The number of phosphoric ester groups is 1. The van der Waals surface area contributed by atoms with Gasteiger partial charge in [-0.2, -0.15) is 0 Å². The first-order valence-corrected chi connectivity index (χ1v) is 22.4. The Labute approximate surface area is 322 Å². The van der Waals surface area contributed by atoms with Gasteiger partial charge in [0.1, 0.15) is 12.2 Å². The molecule has 3 unspecified atom stereocenters. The molecule has 10 nitrogen and oxygen atoms in total. The first-order chi connectivity index (χ1) is 25.8. The fraction of sp³-hybridized carbons (Fsp3) is 0.810. The number of unbranched alkanes of at least 4 members (excludes halogenated alkanes) is 19. The summed E-state index contributed by atoms with van der Waals surface area (Å²) in [5.41, 5.74) is 0. The lowest BCUT2D eigenvalue weighted by Gasteiger charge is -2.20. The smallest absolute Gasteiger partial charge is 0.457 e. The van der Waals surface area contributed by atoms with E-state index < -0.39 is 58.4 Å². The maximum absolute atomic E-state index is 12.3. The molecule has 0 aromatic rings. The van der Waals surface area contributed by atoms with E-state index in [0.717, 1.165) is 77.0 Å². The summed E-state index contributed by atoms with van der Waals surface area (Å²) >= 11 is 0. The van der Waals surface area contributed by atoms with Crippen LogP contribution in [-0.2, 0) is 32.7 Å². The maximum Gasteiger partial charge on any atom is 0.472 e. The molecule has 0 saturated heterocycles. The van der Waals surface area contributed by atoms with E-state index in [4.69, 9.17) is 18.5 Å². The Morgan fingerprint density at radius 2 is 0.830 bits per heavy atom. The summed E-state index contributed by atoms with van der Waals surface area (Å²) in [5.74, 6) is -1.04. The van der Waals surface area contributed by atoms with Crippen LogP contribution in [0.5, 0.6) is 0 Å². The van der Waals surface area contributed by atoms with Crippen molar-refractivity contribution in [3.63, 3.8) is 0 Å². The highest BCUT2D eigenvalue weighted by molar-refractivity contribution is 7.47. The number of phosphoric acid groups is 1. The Morgan fingerprint density at radius 1 is 0.509 bits per heavy atom. The number of rotatable bonds is 39. The molecule has 310 valence electrons. The van der Waals surface area contributed by atoms with Crippen molar-refractivity contribution in [3.8, 4) is 0 Å². The summed E-state index contributed by atoms with van der Waals surface area (Å²) in [4.78, 5) is 34.4. The van der Waals surface area contributed by atoms with Gasteiger partial charge >= 0.3 is 19.8 Å². The number of carbonyl (C=O) groups excluding carboxylic acids is 2. The molecule has 0 fully saturated rings. The predicted molar refractivity (Wildman–Crippen MR) is 214 cm³/mol. The van der Waals surface area contributed by atoms with E-state index in [2.05, 4.69) is 50.3 Å².